The van der Waals surface area contributed by atoms with E-state index in [1.807, 2.05) is 54.6 Å². The number of aromatic nitrogens is 1. The molecule has 0 saturated heterocycles. The molecule has 0 unspecified atom stereocenters. The number of thiophene rings is 1. The predicted octanol–water partition coefficient (Wildman–Crippen LogP) is 6.92. The monoisotopic (exact) mass is 514 g/mol. The number of benzene rings is 2. The number of esters is 1. The second-order valence-corrected chi connectivity index (χ2v) is 10.6. The first-order valence-electron chi connectivity index (χ1n) is 12.7. The summed E-state index contributed by atoms with van der Waals surface area (Å²) in [6.45, 7) is 4.95. The number of fused-ring (bicyclic) bond motifs is 2. The highest BCUT2D eigenvalue weighted by atomic mass is 32.1. The summed E-state index contributed by atoms with van der Waals surface area (Å²) >= 11 is 1.48. The molecule has 1 amide bonds. The quantitative estimate of drug-likeness (QED) is 0.271. The summed E-state index contributed by atoms with van der Waals surface area (Å²) in [5.74, 6) is 0.661. The van der Waals surface area contributed by atoms with Gasteiger partial charge in [-0.1, -0.05) is 32.0 Å². The summed E-state index contributed by atoms with van der Waals surface area (Å²) in [6, 6.07) is 17.2. The molecular formula is C30H30N2O4S. The molecule has 7 heteroatoms. The molecule has 0 bridgehead atoms. The van der Waals surface area contributed by atoms with Crippen molar-refractivity contribution in [2.45, 2.75) is 39.5 Å². The van der Waals surface area contributed by atoms with Crippen molar-refractivity contribution in [1.29, 1.82) is 0 Å². The van der Waals surface area contributed by atoms with Gasteiger partial charge < -0.3 is 14.8 Å². The molecule has 0 spiro atoms. The van der Waals surface area contributed by atoms with Gasteiger partial charge in [-0.3, -0.25) is 4.79 Å². The van der Waals surface area contributed by atoms with E-state index in [-0.39, 0.29) is 5.91 Å². The van der Waals surface area contributed by atoms with Gasteiger partial charge in [0.1, 0.15) is 10.8 Å². The van der Waals surface area contributed by atoms with Gasteiger partial charge in [0, 0.05) is 15.8 Å². The number of rotatable bonds is 7. The molecule has 2 heterocycles. The molecule has 0 fully saturated rings. The van der Waals surface area contributed by atoms with E-state index >= 15 is 0 Å². The second kappa shape index (κ2) is 10.7. The lowest BCUT2D eigenvalue weighted by atomic mass is 9.88. The molecule has 2 aromatic carbocycles. The van der Waals surface area contributed by atoms with E-state index in [0.717, 1.165) is 58.3 Å². The summed E-state index contributed by atoms with van der Waals surface area (Å²) in [5.41, 5.74) is 4.31. The molecule has 1 aliphatic carbocycles. The van der Waals surface area contributed by atoms with Crippen LogP contribution in [0, 0.1) is 5.92 Å². The number of methoxy groups -OCH3 is 1. The van der Waals surface area contributed by atoms with Crippen LogP contribution in [0.15, 0.2) is 54.6 Å². The predicted molar refractivity (Wildman–Crippen MR) is 148 cm³/mol. The van der Waals surface area contributed by atoms with Crippen molar-refractivity contribution >= 4 is 39.1 Å². The Balaban J connectivity index is 1.52. The van der Waals surface area contributed by atoms with Crippen molar-refractivity contribution in [1.82, 2.24) is 4.98 Å². The first-order chi connectivity index (χ1) is 18.0. The number of ether oxygens (including phenoxy) is 2. The Bertz CT molecular complexity index is 1460. The maximum atomic E-state index is 13.7. The lowest BCUT2D eigenvalue weighted by Crippen LogP contribution is -2.16. The average Bonchev–Trinajstić information content (AvgIpc) is 3.27. The number of carbonyl (C=O) groups is 2. The van der Waals surface area contributed by atoms with Crippen LogP contribution < -0.4 is 10.1 Å². The van der Waals surface area contributed by atoms with Crippen LogP contribution in [0.25, 0.3) is 22.2 Å². The van der Waals surface area contributed by atoms with E-state index in [4.69, 9.17) is 14.5 Å². The molecule has 0 saturated carbocycles. The number of pyridine rings is 1. The third-order valence-electron chi connectivity index (χ3n) is 6.71. The molecule has 1 atom stereocenters. The molecule has 1 aliphatic rings. The Morgan fingerprint density at radius 2 is 1.92 bits per heavy atom. The zero-order valence-corrected chi connectivity index (χ0v) is 22.1. The fourth-order valence-corrected chi connectivity index (χ4v) is 6.17. The summed E-state index contributed by atoms with van der Waals surface area (Å²) in [5, 5.41) is 4.35. The average molecular weight is 515 g/mol. The van der Waals surface area contributed by atoms with Gasteiger partial charge in [-0.15, -0.1) is 11.3 Å². The molecule has 5 rings (SSSR count). The highest BCUT2D eigenvalue weighted by Crippen LogP contribution is 2.40. The van der Waals surface area contributed by atoms with Gasteiger partial charge in [-0.25, -0.2) is 9.78 Å². The zero-order valence-electron chi connectivity index (χ0n) is 21.3. The van der Waals surface area contributed by atoms with Gasteiger partial charge >= 0.3 is 5.97 Å². The van der Waals surface area contributed by atoms with Gasteiger partial charge in [-0.2, -0.15) is 0 Å². The van der Waals surface area contributed by atoms with Crippen LogP contribution in [0.2, 0.25) is 0 Å². The number of carbonyl (C=O) groups excluding carboxylic acids is 2. The first kappa shape index (κ1) is 25.0. The normalized spacial score (nSPS) is 14.7. The smallest absolute Gasteiger partial charge is 0.341 e. The largest absolute Gasteiger partial charge is 0.494 e. The number of hydrogen-bond acceptors (Lipinski definition) is 6. The molecule has 1 N–H and O–H groups in total. The fourth-order valence-electron chi connectivity index (χ4n) is 4.78. The van der Waals surface area contributed by atoms with E-state index < -0.39 is 5.97 Å². The maximum Gasteiger partial charge on any atom is 0.341 e. The fraction of sp³-hybridized carbons (Fsp3) is 0.300. The number of nitrogens with one attached hydrogen (secondary N) is 1. The van der Waals surface area contributed by atoms with Crippen molar-refractivity contribution in [3.63, 3.8) is 0 Å². The van der Waals surface area contributed by atoms with Crippen LogP contribution in [-0.2, 0) is 17.6 Å². The van der Waals surface area contributed by atoms with Gasteiger partial charge in [0.25, 0.3) is 5.91 Å². The standard InChI is InChI=1S/C30H30N2O4S/c1-4-15-36-20-12-10-19(11-13-20)25-17-23(21-7-5-6-8-24(21)31-25)28(33)32-29-27(30(34)35-3)22-14-9-18(2)16-26(22)37-29/h5-8,10-13,17-18H,4,9,14-16H2,1-3H3,(H,32,33)/t18-/m1/s1. The van der Waals surface area contributed by atoms with Crippen LogP contribution in [0.4, 0.5) is 5.00 Å². The number of amides is 1. The minimum Gasteiger partial charge on any atom is -0.494 e. The lowest BCUT2D eigenvalue weighted by molar-refractivity contribution is 0.0601. The van der Waals surface area contributed by atoms with E-state index in [2.05, 4.69) is 19.2 Å². The third-order valence-corrected chi connectivity index (χ3v) is 7.88. The Hall–Kier alpha value is -3.71. The molecule has 37 heavy (non-hydrogen) atoms. The van der Waals surface area contributed by atoms with Crippen molar-refractivity contribution in [2.24, 2.45) is 5.92 Å². The number of hydrogen-bond donors (Lipinski definition) is 1. The number of anilines is 1. The molecule has 0 aliphatic heterocycles. The van der Waals surface area contributed by atoms with Crippen LogP contribution in [-0.4, -0.2) is 30.6 Å². The second-order valence-electron chi connectivity index (χ2n) is 9.45. The molecule has 2 aromatic heterocycles. The van der Waals surface area contributed by atoms with Crippen LogP contribution in [0.1, 0.15) is 57.8 Å². The molecule has 0 radical (unpaired) electrons. The minimum atomic E-state index is -0.409. The van der Waals surface area contributed by atoms with E-state index in [9.17, 15) is 9.59 Å². The highest BCUT2D eigenvalue weighted by molar-refractivity contribution is 7.17. The molecule has 4 aromatic rings. The van der Waals surface area contributed by atoms with Gasteiger partial charge in [0.05, 0.1) is 36.1 Å². The van der Waals surface area contributed by atoms with Crippen molar-refractivity contribution < 1.29 is 19.1 Å². The Morgan fingerprint density at radius 1 is 1.14 bits per heavy atom. The lowest BCUT2D eigenvalue weighted by Gasteiger charge is -2.18. The van der Waals surface area contributed by atoms with Crippen LogP contribution >= 0.6 is 11.3 Å². The SMILES string of the molecule is CCCOc1ccc(-c2cc(C(=O)Nc3sc4c(c3C(=O)OC)CC[C@@H](C)C4)c3ccccc3n2)cc1. The highest BCUT2D eigenvalue weighted by Gasteiger charge is 2.29. The number of para-hydroxylation sites is 1. The zero-order chi connectivity index (χ0) is 25.9. The minimum absolute atomic E-state index is 0.278. The Kier molecular flexibility index (Phi) is 7.24. The number of nitrogens with zero attached hydrogens (tertiary/aromatic N) is 1. The van der Waals surface area contributed by atoms with Crippen molar-refractivity contribution in [3.05, 3.63) is 76.2 Å². The third kappa shape index (κ3) is 5.09. The molecule has 190 valence electrons. The van der Waals surface area contributed by atoms with E-state index in [1.165, 1.54) is 18.4 Å². The van der Waals surface area contributed by atoms with Crippen molar-refractivity contribution in [2.75, 3.05) is 19.0 Å². The van der Waals surface area contributed by atoms with Crippen LogP contribution in [0.3, 0.4) is 0 Å². The van der Waals surface area contributed by atoms with Crippen LogP contribution in [0.5, 0.6) is 5.75 Å². The van der Waals surface area contributed by atoms with E-state index in [1.54, 1.807) is 0 Å². The van der Waals surface area contributed by atoms with Gasteiger partial charge in [0.15, 0.2) is 0 Å². The Labute approximate surface area is 220 Å². The molecule has 6 nitrogen and oxygen atoms in total. The van der Waals surface area contributed by atoms with Gasteiger partial charge in [-0.05, 0) is 73.6 Å². The summed E-state index contributed by atoms with van der Waals surface area (Å²) in [7, 11) is 1.38. The summed E-state index contributed by atoms with van der Waals surface area (Å²) in [6.07, 6.45) is 3.67. The summed E-state index contributed by atoms with van der Waals surface area (Å²) in [4.78, 5) is 32.4. The first-order valence-corrected chi connectivity index (χ1v) is 13.5. The topological polar surface area (TPSA) is 77.5 Å². The van der Waals surface area contributed by atoms with Gasteiger partial charge in [0.2, 0.25) is 0 Å². The Morgan fingerprint density at radius 3 is 2.68 bits per heavy atom. The summed E-state index contributed by atoms with van der Waals surface area (Å²) < 4.78 is 10.8. The molecular weight excluding hydrogens is 484 g/mol. The van der Waals surface area contributed by atoms with Crippen molar-refractivity contribution in [3.8, 4) is 17.0 Å². The maximum absolute atomic E-state index is 13.7. The van der Waals surface area contributed by atoms with E-state index in [0.29, 0.717) is 34.3 Å².